The number of halogens is 1. The first-order valence-electron chi connectivity index (χ1n) is 7.56. The Kier molecular flexibility index (Phi) is 3.20. The smallest absolute Gasteiger partial charge is 0.226 e. The van der Waals surface area contributed by atoms with Crippen LogP contribution < -0.4 is 5.32 Å². The van der Waals surface area contributed by atoms with Crippen molar-refractivity contribution in [1.29, 1.82) is 0 Å². The Bertz CT molecular complexity index is 892. The molecule has 0 saturated heterocycles. The minimum absolute atomic E-state index is 0.0270. The van der Waals surface area contributed by atoms with Crippen LogP contribution >= 0.6 is 11.6 Å². The van der Waals surface area contributed by atoms with Gasteiger partial charge in [0.25, 0.3) is 0 Å². The Morgan fingerprint density at radius 3 is 2.91 bits per heavy atom. The number of nitrogens with zero attached hydrogens (tertiary/aromatic N) is 1. The van der Waals surface area contributed by atoms with Crippen LogP contribution in [-0.4, -0.2) is 16.0 Å². The molecule has 2 aromatic heterocycles. The van der Waals surface area contributed by atoms with E-state index in [0.717, 1.165) is 40.9 Å². The third-order valence-corrected chi connectivity index (χ3v) is 4.47. The van der Waals surface area contributed by atoms with Gasteiger partial charge in [0.15, 0.2) is 0 Å². The Labute approximate surface area is 138 Å². The Morgan fingerprint density at radius 1 is 1.39 bits per heavy atom. The molecular weight excluding hydrogens is 314 g/mol. The van der Waals surface area contributed by atoms with Crippen LogP contribution in [0.4, 0.5) is 0 Å². The average Bonchev–Trinajstić information content (AvgIpc) is 2.95. The van der Waals surface area contributed by atoms with Crippen molar-refractivity contribution in [3.63, 3.8) is 0 Å². The van der Waals surface area contributed by atoms with E-state index in [0.29, 0.717) is 11.4 Å². The second-order valence-electron chi connectivity index (χ2n) is 6.16. The lowest BCUT2D eigenvalue weighted by atomic mass is 10.1. The number of aromatic amines is 1. The Morgan fingerprint density at radius 2 is 2.22 bits per heavy atom. The molecule has 0 bridgehead atoms. The Hall–Kier alpha value is -2.27. The van der Waals surface area contributed by atoms with E-state index >= 15 is 0 Å². The van der Waals surface area contributed by atoms with Crippen LogP contribution in [0, 0.1) is 6.92 Å². The zero-order chi connectivity index (χ0) is 16.0. The number of aryl methyl sites for hydroxylation is 1. The molecule has 118 valence electrons. The summed E-state index contributed by atoms with van der Waals surface area (Å²) in [5, 5.41) is 8.83. The highest BCUT2D eigenvalue weighted by Crippen LogP contribution is 2.45. The summed E-state index contributed by atoms with van der Waals surface area (Å²) in [7, 11) is 0. The maximum Gasteiger partial charge on any atom is 0.226 e. The molecule has 4 rings (SSSR count). The topological polar surface area (TPSA) is 70.9 Å². The van der Waals surface area contributed by atoms with Gasteiger partial charge in [0.05, 0.1) is 12.0 Å². The van der Waals surface area contributed by atoms with Gasteiger partial charge < -0.3 is 14.8 Å². The minimum Gasteiger partial charge on any atom is -0.361 e. The first-order valence-corrected chi connectivity index (χ1v) is 7.94. The van der Waals surface area contributed by atoms with Crippen molar-refractivity contribution in [3.05, 3.63) is 52.5 Å². The number of aromatic nitrogens is 2. The SMILES string of the molecule is Cc1cc(C2(NC(=O)Cc3cc4cc(Cl)ccc4[nH]3)CC2)no1. The molecule has 0 radical (unpaired) electrons. The van der Waals surface area contributed by atoms with Crippen molar-refractivity contribution < 1.29 is 9.32 Å². The van der Waals surface area contributed by atoms with Gasteiger partial charge in [0.2, 0.25) is 5.91 Å². The van der Waals surface area contributed by atoms with E-state index in [9.17, 15) is 4.79 Å². The summed E-state index contributed by atoms with van der Waals surface area (Å²) in [6, 6.07) is 9.48. The lowest BCUT2D eigenvalue weighted by Gasteiger charge is -2.13. The number of amides is 1. The van der Waals surface area contributed by atoms with Crippen molar-refractivity contribution >= 4 is 28.4 Å². The number of hydrogen-bond donors (Lipinski definition) is 2. The van der Waals surface area contributed by atoms with Gasteiger partial charge in [-0.25, -0.2) is 0 Å². The molecule has 0 spiro atoms. The minimum atomic E-state index is -0.343. The highest BCUT2D eigenvalue weighted by Gasteiger charge is 2.48. The van der Waals surface area contributed by atoms with Gasteiger partial charge in [-0.2, -0.15) is 0 Å². The molecule has 6 heteroatoms. The number of hydrogen-bond acceptors (Lipinski definition) is 3. The predicted octanol–water partition coefficient (Wildman–Crippen LogP) is 3.47. The number of carbonyl (C=O) groups is 1. The molecule has 1 aliphatic carbocycles. The fraction of sp³-hybridized carbons (Fsp3) is 0.294. The molecule has 23 heavy (non-hydrogen) atoms. The van der Waals surface area contributed by atoms with E-state index in [1.165, 1.54) is 0 Å². The van der Waals surface area contributed by atoms with Crippen LogP contribution in [0.3, 0.4) is 0 Å². The maximum absolute atomic E-state index is 12.4. The summed E-state index contributed by atoms with van der Waals surface area (Å²) in [6.07, 6.45) is 2.09. The van der Waals surface area contributed by atoms with Gasteiger partial charge in [-0.15, -0.1) is 0 Å². The third-order valence-electron chi connectivity index (χ3n) is 4.24. The summed E-state index contributed by atoms with van der Waals surface area (Å²) < 4.78 is 5.12. The van der Waals surface area contributed by atoms with Crippen molar-refractivity contribution in [3.8, 4) is 0 Å². The summed E-state index contributed by atoms with van der Waals surface area (Å²) >= 11 is 5.99. The van der Waals surface area contributed by atoms with Crippen LogP contribution in [-0.2, 0) is 16.8 Å². The summed E-state index contributed by atoms with van der Waals surface area (Å²) in [6.45, 7) is 1.85. The second kappa shape index (κ2) is 5.13. The molecule has 1 saturated carbocycles. The van der Waals surface area contributed by atoms with Crippen LogP contribution in [0.2, 0.25) is 5.02 Å². The first kappa shape index (κ1) is 14.3. The predicted molar refractivity (Wildman–Crippen MR) is 87.3 cm³/mol. The number of fused-ring (bicyclic) bond motifs is 1. The van der Waals surface area contributed by atoms with Crippen LogP contribution in [0.15, 0.2) is 34.9 Å². The Balaban J connectivity index is 1.49. The largest absolute Gasteiger partial charge is 0.361 e. The van der Waals surface area contributed by atoms with Crippen molar-refractivity contribution in [2.75, 3.05) is 0 Å². The lowest BCUT2D eigenvalue weighted by molar-refractivity contribution is -0.121. The molecule has 3 aromatic rings. The summed E-state index contributed by atoms with van der Waals surface area (Å²) in [5.74, 6) is 0.730. The number of nitrogens with one attached hydrogen (secondary N) is 2. The molecular formula is C17H16ClN3O2. The highest BCUT2D eigenvalue weighted by atomic mass is 35.5. The van der Waals surface area contributed by atoms with Crippen LogP contribution in [0.5, 0.6) is 0 Å². The van der Waals surface area contributed by atoms with Gasteiger partial charge in [0, 0.05) is 27.7 Å². The fourth-order valence-corrected chi connectivity index (χ4v) is 3.09. The molecule has 1 fully saturated rings. The fourth-order valence-electron chi connectivity index (χ4n) is 2.90. The summed E-state index contributed by atoms with van der Waals surface area (Å²) in [4.78, 5) is 15.6. The van der Waals surface area contributed by atoms with Crippen LogP contribution in [0.25, 0.3) is 10.9 Å². The molecule has 1 aliphatic rings. The number of rotatable bonds is 4. The lowest BCUT2D eigenvalue weighted by Crippen LogP contribution is -2.36. The molecule has 1 amide bonds. The van der Waals surface area contributed by atoms with E-state index in [1.54, 1.807) is 0 Å². The van der Waals surface area contributed by atoms with E-state index in [4.69, 9.17) is 16.1 Å². The molecule has 1 aromatic carbocycles. The van der Waals surface area contributed by atoms with Crippen molar-refractivity contribution in [2.45, 2.75) is 31.7 Å². The molecule has 0 atom stereocenters. The normalized spacial score (nSPS) is 15.7. The first-order chi connectivity index (χ1) is 11.0. The van der Waals surface area contributed by atoms with E-state index in [2.05, 4.69) is 15.5 Å². The quantitative estimate of drug-likeness (QED) is 0.770. The van der Waals surface area contributed by atoms with Gasteiger partial charge in [-0.05, 0) is 44.0 Å². The van der Waals surface area contributed by atoms with Gasteiger partial charge in [0.1, 0.15) is 11.5 Å². The van der Waals surface area contributed by atoms with Crippen molar-refractivity contribution in [1.82, 2.24) is 15.5 Å². The molecule has 2 heterocycles. The van der Waals surface area contributed by atoms with E-state index in [1.807, 2.05) is 37.3 Å². The number of carbonyl (C=O) groups excluding carboxylic acids is 1. The van der Waals surface area contributed by atoms with Gasteiger partial charge in [-0.1, -0.05) is 16.8 Å². The molecule has 0 aliphatic heterocycles. The second-order valence-corrected chi connectivity index (χ2v) is 6.59. The van der Waals surface area contributed by atoms with E-state index < -0.39 is 0 Å². The van der Waals surface area contributed by atoms with E-state index in [-0.39, 0.29) is 11.4 Å². The third kappa shape index (κ3) is 2.72. The van der Waals surface area contributed by atoms with Crippen molar-refractivity contribution in [2.24, 2.45) is 0 Å². The highest BCUT2D eigenvalue weighted by molar-refractivity contribution is 6.31. The maximum atomic E-state index is 12.4. The zero-order valence-corrected chi connectivity index (χ0v) is 13.4. The molecule has 0 unspecified atom stereocenters. The molecule has 2 N–H and O–H groups in total. The average molecular weight is 330 g/mol. The van der Waals surface area contributed by atoms with Gasteiger partial charge >= 0.3 is 0 Å². The molecule has 5 nitrogen and oxygen atoms in total. The standard InChI is InChI=1S/C17H16ClN3O2/c1-10-6-15(21-23-10)17(4-5-17)20-16(22)9-13-8-11-7-12(18)2-3-14(11)19-13/h2-3,6-8,19H,4-5,9H2,1H3,(H,20,22). The summed E-state index contributed by atoms with van der Waals surface area (Å²) in [5.41, 5.74) is 2.31. The van der Waals surface area contributed by atoms with Crippen LogP contribution in [0.1, 0.15) is 30.0 Å². The monoisotopic (exact) mass is 329 g/mol. The zero-order valence-electron chi connectivity index (χ0n) is 12.6. The van der Waals surface area contributed by atoms with Gasteiger partial charge in [-0.3, -0.25) is 4.79 Å². The number of benzene rings is 1. The number of H-pyrrole nitrogens is 1.